The Hall–Kier alpha value is -1.88. The van der Waals surface area contributed by atoms with E-state index in [1.165, 1.54) is 12.7 Å². The van der Waals surface area contributed by atoms with E-state index < -0.39 is 5.97 Å². The zero-order valence-electron chi connectivity index (χ0n) is 12.2. The maximum atomic E-state index is 11.9. The Balaban J connectivity index is 2.43. The summed E-state index contributed by atoms with van der Waals surface area (Å²) in [7, 11) is 1.36. The van der Waals surface area contributed by atoms with Crippen molar-refractivity contribution >= 4 is 33.3 Å². The van der Waals surface area contributed by atoms with Gasteiger partial charge in [0, 0.05) is 5.69 Å². The lowest BCUT2D eigenvalue weighted by Crippen LogP contribution is -2.07. The second-order valence-corrected chi connectivity index (χ2v) is 5.72. The zero-order valence-corrected chi connectivity index (χ0v) is 13.8. The highest BCUT2D eigenvalue weighted by Gasteiger charge is 2.15. The molecule has 110 valence electrons. The van der Waals surface area contributed by atoms with E-state index in [9.17, 15) is 4.79 Å². The molecule has 5 heteroatoms. The summed E-state index contributed by atoms with van der Waals surface area (Å²) in [5.41, 5.74) is 3.20. The number of aromatic nitrogens is 1. The number of nitrogens with one attached hydrogen (secondary N) is 1. The van der Waals surface area contributed by atoms with Crippen molar-refractivity contribution in [1.29, 1.82) is 0 Å². The van der Waals surface area contributed by atoms with Crippen molar-refractivity contribution in [2.45, 2.75) is 19.8 Å². The number of carbonyl (C=O) groups is 1. The smallest absolute Gasteiger partial charge is 0.340 e. The van der Waals surface area contributed by atoms with E-state index >= 15 is 0 Å². The lowest BCUT2D eigenvalue weighted by molar-refractivity contribution is 0.0601. The first-order chi connectivity index (χ1) is 10.0. The maximum absolute atomic E-state index is 11.9. The van der Waals surface area contributed by atoms with E-state index in [4.69, 9.17) is 4.74 Å². The highest BCUT2D eigenvalue weighted by Crippen LogP contribution is 2.29. The molecule has 1 N–H and O–H groups in total. The van der Waals surface area contributed by atoms with Crippen LogP contribution in [-0.2, 0) is 4.74 Å². The zero-order chi connectivity index (χ0) is 15.4. The van der Waals surface area contributed by atoms with Gasteiger partial charge in [-0.1, -0.05) is 32.0 Å². The van der Waals surface area contributed by atoms with Crippen molar-refractivity contribution in [3.05, 3.63) is 52.3 Å². The number of anilines is 2. The molecule has 0 amide bonds. The van der Waals surface area contributed by atoms with Crippen molar-refractivity contribution < 1.29 is 9.53 Å². The molecular weight excluding hydrogens is 332 g/mol. The summed E-state index contributed by atoms with van der Waals surface area (Å²) in [4.78, 5) is 16.1. The Morgan fingerprint density at radius 1 is 1.29 bits per heavy atom. The number of para-hydroxylation sites is 1. The fourth-order valence-electron chi connectivity index (χ4n) is 2.07. The number of halogens is 1. The first kappa shape index (κ1) is 15.5. The van der Waals surface area contributed by atoms with Gasteiger partial charge in [0.05, 0.1) is 24.6 Å². The van der Waals surface area contributed by atoms with Gasteiger partial charge in [-0.05, 0) is 39.5 Å². The van der Waals surface area contributed by atoms with Crippen molar-refractivity contribution in [1.82, 2.24) is 4.98 Å². The Morgan fingerprint density at radius 3 is 2.67 bits per heavy atom. The third-order valence-corrected chi connectivity index (χ3v) is 3.56. The predicted octanol–water partition coefficient (Wildman–Crippen LogP) is 4.50. The van der Waals surface area contributed by atoms with E-state index in [0.717, 1.165) is 5.69 Å². The number of pyridine rings is 1. The second kappa shape index (κ2) is 6.72. The number of carbonyl (C=O) groups excluding carboxylic acids is 1. The van der Waals surface area contributed by atoms with Crippen LogP contribution in [-0.4, -0.2) is 18.1 Å². The van der Waals surface area contributed by atoms with Gasteiger partial charge in [-0.25, -0.2) is 9.78 Å². The first-order valence-electron chi connectivity index (χ1n) is 6.62. The Kier molecular flexibility index (Phi) is 4.96. The molecule has 0 saturated heterocycles. The Labute approximate surface area is 132 Å². The van der Waals surface area contributed by atoms with Gasteiger partial charge in [0.2, 0.25) is 0 Å². The molecule has 2 aromatic rings. The van der Waals surface area contributed by atoms with Crippen LogP contribution in [0.3, 0.4) is 0 Å². The van der Waals surface area contributed by atoms with E-state index in [2.05, 4.69) is 46.1 Å². The molecule has 0 aliphatic carbocycles. The fourth-order valence-corrected chi connectivity index (χ4v) is 2.40. The van der Waals surface area contributed by atoms with Gasteiger partial charge >= 0.3 is 5.97 Å². The molecule has 1 aromatic heterocycles. The number of rotatable bonds is 4. The number of hydrogen-bond acceptors (Lipinski definition) is 4. The monoisotopic (exact) mass is 348 g/mol. The molecule has 1 heterocycles. The van der Waals surface area contributed by atoms with Crippen LogP contribution >= 0.6 is 15.9 Å². The summed E-state index contributed by atoms with van der Waals surface area (Å²) in [6.45, 7) is 4.25. The van der Waals surface area contributed by atoms with E-state index in [1.807, 2.05) is 18.2 Å². The molecule has 2 rings (SSSR count). The van der Waals surface area contributed by atoms with Crippen molar-refractivity contribution in [3.8, 4) is 0 Å². The van der Waals surface area contributed by atoms with Gasteiger partial charge in [0.15, 0.2) is 0 Å². The predicted molar refractivity (Wildman–Crippen MR) is 87.1 cm³/mol. The summed E-state index contributed by atoms with van der Waals surface area (Å²) in [6, 6.07) is 9.65. The van der Waals surface area contributed by atoms with Crippen LogP contribution < -0.4 is 5.32 Å². The molecular formula is C16H17BrN2O2. The van der Waals surface area contributed by atoms with Crippen LogP contribution in [0.15, 0.2) is 41.1 Å². The fraction of sp³-hybridized carbons (Fsp3) is 0.250. The summed E-state index contributed by atoms with van der Waals surface area (Å²) in [6.07, 6.45) is 1.62. The first-order valence-corrected chi connectivity index (χ1v) is 7.42. The van der Waals surface area contributed by atoms with Crippen LogP contribution in [0.5, 0.6) is 0 Å². The minimum Gasteiger partial charge on any atom is -0.465 e. The number of nitrogens with zero attached hydrogens (tertiary/aromatic N) is 1. The normalized spacial score (nSPS) is 10.5. The molecule has 1 aromatic carbocycles. The molecule has 0 aliphatic rings. The molecule has 0 fully saturated rings. The van der Waals surface area contributed by atoms with Gasteiger partial charge in [0.1, 0.15) is 4.60 Å². The molecule has 0 radical (unpaired) electrons. The van der Waals surface area contributed by atoms with Crippen molar-refractivity contribution in [2.24, 2.45) is 0 Å². The Morgan fingerprint density at radius 2 is 2.00 bits per heavy atom. The SMILES string of the molecule is COC(=O)c1cc(Br)ncc1Nc1ccccc1C(C)C. The molecule has 0 spiro atoms. The van der Waals surface area contributed by atoms with Gasteiger partial charge in [-0.2, -0.15) is 0 Å². The van der Waals surface area contributed by atoms with Crippen LogP contribution in [0.25, 0.3) is 0 Å². The van der Waals surface area contributed by atoms with Crippen LogP contribution in [0.2, 0.25) is 0 Å². The van der Waals surface area contributed by atoms with Gasteiger partial charge in [-0.15, -0.1) is 0 Å². The molecule has 4 nitrogen and oxygen atoms in total. The molecule has 0 aliphatic heterocycles. The van der Waals surface area contributed by atoms with Gasteiger partial charge < -0.3 is 10.1 Å². The number of esters is 1. The second-order valence-electron chi connectivity index (χ2n) is 4.91. The van der Waals surface area contributed by atoms with Gasteiger partial charge in [0.25, 0.3) is 0 Å². The minimum absolute atomic E-state index is 0.374. The van der Waals surface area contributed by atoms with Crippen molar-refractivity contribution in [2.75, 3.05) is 12.4 Å². The third kappa shape index (κ3) is 3.61. The minimum atomic E-state index is -0.400. The summed E-state index contributed by atoms with van der Waals surface area (Å²) in [5, 5.41) is 3.28. The average molecular weight is 349 g/mol. The lowest BCUT2D eigenvalue weighted by atomic mass is 10.0. The van der Waals surface area contributed by atoms with Crippen LogP contribution in [0.1, 0.15) is 35.7 Å². The summed E-state index contributed by atoms with van der Waals surface area (Å²) in [5.74, 6) is -0.0266. The van der Waals surface area contributed by atoms with Crippen LogP contribution in [0.4, 0.5) is 11.4 Å². The van der Waals surface area contributed by atoms with E-state index in [1.54, 1.807) is 12.3 Å². The molecule has 0 atom stereocenters. The molecule has 0 unspecified atom stereocenters. The topological polar surface area (TPSA) is 51.2 Å². The number of ether oxygens (including phenoxy) is 1. The summed E-state index contributed by atoms with van der Waals surface area (Å²) < 4.78 is 5.41. The van der Waals surface area contributed by atoms with Crippen LogP contribution in [0, 0.1) is 0 Å². The van der Waals surface area contributed by atoms with Crippen molar-refractivity contribution in [3.63, 3.8) is 0 Å². The molecule has 0 saturated carbocycles. The molecule has 21 heavy (non-hydrogen) atoms. The molecule has 0 bridgehead atoms. The third-order valence-electron chi connectivity index (χ3n) is 3.13. The average Bonchev–Trinajstić information content (AvgIpc) is 2.48. The highest BCUT2D eigenvalue weighted by molar-refractivity contribution is 9.10. The largest absolute Gasteiger partial charge is 0.465 e. The van der Waals surface area contributed by atoms with E-state index in [0.29, 0.717) is 21.8 Å². The quantitative estimate of drug-likeness (QED) is 0.652. The number of benzene rings is 1. The number of hydrogen-bond donors (Lipinski definition) is 1. The highest BCUT2D eigenvalue weighted by atomic mass is 79.9. The number of methoxy groups -OCH3 is 1. The van der Waals surface area contributed by atoms with E-state index in [-0.39, 0.29) is 0 Å². The standard InChI is InChI=1S/C16H17BrN2O2/c1-10(2)11-6-4-5-7-13(11)19-14-9-18-15(17)8-12(14)16(20)21-3/h4-10,19H,1-3H3. The Bertz CT molecular complexity index is 656. The van der Waals surface area contributed by atoms with Gasteiger partial charge in [-0.3, -0.25) is 0 Å². The summed E-state index contributed by atoms with van der Waals surface area (Å²) >= 11 is 3.27. The lowest BCUT2D eigenvalue weighted by Gasteiger charge is -2.16. The maximum Gasteiger partial charge on any atom is 0.340 e.